The number of benzene rings is 5. The van der Waals surface area contributed by atoms with Gasteiger partial charge in [0.05, 0.1) is 40.1 Å². The van der Waals surface area contributed by atoms with Crippen LogP contribution in [0.2, 0.25) is 0 Å². The molecule has 0 saturated carbocycles. The molecule has 1 aromatic heterocycles. The smallest absolute Gasteiger partial charge is 0.128 e. The molecule has 1 N–H and O–H groups in total. The summed E-state index contributed by atoms with van der Waals surface area (Å²) in [6.45, 7) is 1.89. The summed E-state index contributed by atoms with van der Waals surface area (Å²) in [5.74, 6) is 0.784. The zero-order valence-electron chi connectivity index (χ0n) is 28.2. The van der Waals surface area contributed by atoms with Gasteiger partial charge in [-0.2, -0.15) is 0 Å². The summed E-state index contributed by atoms with van der Waals surface area (Å²) in [6, 6.07) is 48.8. The average molecular weight is 670 g/mol. The van der Waals surface area contributed by atoms with E-state index in [2.05, 4.69) is 59.6 Å². The van der Waals surface area contributed by atoms with Crippen molar-refractivity contribution in [3.63, 3.8) is 0 Å². The molecule has 7 rings (SSSR count). The molecule has 5 aromatic carbocycles. The number of hydrogen-bond donors (Lipinski definition) is 1. The van der Waals surface area contributed by atoms with Crippen molar-refractivity contribution in [2.24, 2.45) is 0 Å². The Hall–Kier alpha value is -4.76. The molecule has 1 fully saturated rings. The quantitative estimate of drug-likeness (QED) is 0.118. The molecule has 0 aliphatic carbocycles. The second kappa shape index (κ2) is 16.8. The molecule has 0 amide bonds. The lowest BCUT2D eigenvalue weighted by Crippen LogP contribution is -2.58. The number of hydrogen-bond acceptors (Lipinski definition) is 6. The summed E-state index contributed by atoms with van der Waals surface area (Å²) in [6.07, 6.45) is -2.56. The lowest BCUT2D eigenvalue weighted by Gasteiger charge is -2.46. The summed E-state index contributed by atoms with van der Waals surface area (Å²) in [7, 11) is 1.69. The van der Waals surface area contributed by atoms with Crippen LogP contribution in [0.3, 0.4) is 0 Å². The number of methoxy groups -OCH3 is 1. The molecule has 1 aliphatic rings. The molecular formula is C43H43NO6. The Morgan fingerprint density at radius 2 is 1.04 bits per heavy atom. The van der Waals surface area contributed by atoms with E-state index in [1.54, 1.807) is 7.11 Å². The van der Waals surface area contributed by atoms with E-state index in [0.29, 0.717) is 33.0 Å². The Balaban J connectivity index is 1.26. The van der Waals surface area contributed by atoms with E-state index in [4.69, 9.17) is 28.4 Å². The topological polar surface area (TPSA) is 71.2 Å². The fourth-order valence-corrected chi connectivity index (χ4v) is 6.52. The lowest BCUT2D eigenvalue weighted by molar-refractivity contribution is -0.275. The summed E-state index contributed by atoms with van der Waals surface area (Å²) < 4.78 is 39.7. The minimum absolute atomic E-state index is 0.297. The van der Waals surface area contributed by atoms with Crippen LogP contribution in [0.1, 0.15) is 34.1 Å². The Kier molecular flexibility index (Phi) is 11.3. The third-order valence-corrected chi connectivity index (χ3v) is 9.05. The van der Waals surface area contributed by atoms with Crippen molar-refractivity contribution >= 4 is 10.9 Å². The molecule has 1 aliphatic heterocycles. The monoisotopic (exact) mass is 669 g/mol. The molecule has 7 nitrogen and oxygen atoms in total. The highest BCUT2D eigenvalue weighted by Crippen LogP contribution is 2.40. The van der Waals surface area contributed by atoms with Gasteiger partial charge >= 0.3 is 0 Å². The minimum atomic E-state index is -0.538. The van der Waals surface area contributed by atoms with Crippen LogP contribution in [0.4, 0.5) is 0 Å². The number of aromatic amines is 1. The second-order valence-corrected chi connectivity index (χ2v) is 12.5. The van der Waals surface area contributed by atoms with E-state index in [1.807, 2.05) is 91.0 Å². The van der Waals surface area contributed by atoms with Crippen LogP contribution in [0, 0.1) is 0 Å². The first-order valence-corrected chi connectivity index (χ1v) is 17.1. The van der Waals surface area contributed by atoms with Crippen molar-refractivity contribution in [3.05, 3.63) is 174 Å². The van der Waals surface area contributed by atoms with Gasteiger partial charge in [0, 0.05) is 16.6 Å². The predicted octanol–water partition coefficient (Wildman–Crippen LogP) is 8.59. The van der Waals surface area contributed by atoms with Crippen LogP contribution in [-0.4, -0.2) is 43.1 Å². The van der Waals surface area contributed by atoms with Gasteiger partial charge in [0.1, 0.15) is 36.3 Å². The van der Waals surface area contributed by atoms with Gasteiger partial charge in [-0.1, -0.05) is 127 Å². The summed E-state index contributed by atoms with van der Waals surface area (Å²) in [5, 5.41) is 0.969. The molecule has 1 saturated heterocycles. The van der Waals surface area contributed by atoms with E-state index < -0.39 is 30.5 Å². The Labute approximate surface area is 293 Å². The fourth-order valence-electron chi connectivity index (χ4n) is 6.52. The van der Waals surface area contributed by atoms with E-state index in [9.17, 15) is 0 Å². The van der Waals surface area contributed by atoms with Gasteiger partial charge in [0.2, 0.25) is 0 Å². The van der Waals surface area contributed by atoms with Crippen molar-refractivity contribution in [3.8, 4) is 5.75 Å². The minimum Gasteiger partial charge on any atom is -0.496 e. The average Bonchev–Trinajstić information content (AvgIpc) is 3.62. The number of ether oxygens (including phenoxy) is 6. The van der Waals surface area contributed by atoms with Crippen molar-refractivity contribution in [1.29, 1.82) is 0 Å². The number of fused-ring (bicyclic) bond motifs is 1. The van der Waals surface area contributed by atoms with Crippen LogP contribution in [0.15, 0.2) is 146 Å². The molecule has 50 heavy (non-hydrogen) atoms. The molecule has 0 unspecified atom stereocenters. The first kappa shape index (κ1) is 33.7. The highest BCUT2D eigenvalue weighted by molar-refractivity contribution is 5.86. The van der Waals surface area contributed by atoms with Gasteiger partial charge in [-0.3, -0.25) is 0 Å². The zero-order valence-corrected chi connectivity index (χ0v) is 28.2. The van der Waals surface area contributed by atoms with Crippen LogP contribution in [-0.2, 0) is 50.1 Å². The van der Waals surface area contributed by atoms with E-state index >= 15 is 0 Å². The molecule has 0 spiro atoms. The molecule has 0 bridgehead atoms. The molecule has 7 heteroatoms. The number of H-pyrrole nitrogens is 1. The van der Waals surface area contributed by atoms with Gasteiger partial charge in [-0.25, -0.2) is 0 Å². The standard InChI is InChI=1S/C43H43NO6/c1-45-38-24-14-23-36-35(38)25-37(44-36)40-42(48-28-33-19-10-4-11-20-33)43(49-29-34-21-12-5-13-22-34)41(47-27-32-17-8-3-9-18-32)39(50-40)30-46-26-31-15-6-2-7-16-31/h2-25,39-44H,26-30H2,1H3/t39-,40+,41-,42+,43+/m1/s1. The molecule has 2 heterocycles. The van der Waals surface area contributed by atoms with E-state index in [1.165, 1.54) is 0 Å². The van der Waals surface area contributed by atoms with Crippen LogP contribution in [0.5, 0.6) is 5.75 Å². The van der Waals surface area contributed by atoms with Crippen molar-refractivity contribution in [2.45, 2.75) is 56.9 Å². The first-order valence-electron chi connectivity index (χ1n) is 17.1. The van der Waals surface area contributed by atoms with Gasteiger partial charge < -0.3 is 33.4 Å². The van der Waals surface area contributed by atoms with Crippen LogP contribution >= 0.6 is 0 Å². The van der Waals surface area contributed by atoms with E-state index in [-0.39, 0.29) is 0 Å². The number of rotatable bonds is 15. The van der Waals surface area contributed by atoms with Gasteiger partial charge in [0.15, 0.2) is 0 Å². The second-order valence-electron chi connectivity index (χ2n) is 12.5. The maximum Gasteiger partial charge on any atom is 0.128 e. The lowest BCUT2D eigenvalue weighted by atomic mass is 9.92. The van der Waals surface area contributed by atoms with Gasteiger partial charge in [0.25, 0.3) is 0 Å². The van der Waals surface area contributed by atoms with E-state index in [0.717, 1.165) is 44.6 Å². The largest absolute Gasteiger partial charge is 0.496 e. The van der Waals surface area contributed by atoms with Crippen LogP contribution in [0.25, 0.3) is 10.9 Å². The van der Waals surface area contributed by atoms with Crippen LogP contribution < -0.4 is 4.74 Å². The Morgan fingerprint density at radius 3 is 1.58 bits per heavy atom. The molecule has 6 aromatic rings. The normalized spacial score (nSPS) is 20.5. The van der Waals surface area contributed by atoms with Gasteiger partial charge in [-0.15, -0.1) is 0 Å². The maximum absolute atomic E-state index is 7.07. The van der Waals surface area contributed by atoms with Gasteiger partial charge in [-0.05, 0) is 40.5 Å². The fraction of sp³-hybridized carbons (Fsp3) is 0.256. The predicted molar refractivity (Wildman–Crippen MR) is 194 cm³/mol. The highest BCUT2D eigenvalue weighted by Gasteiger charge is 2.49. The third kappa shape index (κ3) is 8.33. The Bertz CT molecular complexity index is 1880. The number of aromatic nitrogens is 1. The highest BCUT2D eigenvalue weighted by atomic mass is 16.6. The van der Waals surface area contributed by atoms with Crippen molar-refractivity contribution in [2.75, 3.05) is 13.7 Å². The first-order chi connectivity index (χ1) is 24.7. The summed E-state index contributed by atoms with van der Waals surface area (Å²) in [5.41, 5.74) is 6.08. The molecule has 0 radical (unpaired) electrons. The number of nitrogens with one attached hydrogen (secondary N) is 1. The molecule has 256 valence electrons. The maximum atomic E-state index is 7.07. The molecular weight excluding hydrogens is 626 g/mol. The summed E-state index contributed by atoms with van der Waals surface area (Å²) in [4.78, 5) is 3.62. The van der Waals surface area contributed by atoms with Crippen molar-refractivity contribution < 1.29 is 28.4 Å². The zero-order chi connectivity index (χ0) is 34.0. The van der Waals surface area contributed by atoms with Crippen molar-refractivity contribution in [1.82, 2.24) is 4.98 Å². The summed E-state index contributed by atoms with van der Waals surface area (Å²) >= 11 is 0. The SMILES string of the molecule is COc1cccc2[nH]c([C@@H]3O[C@H](COCc4ccccc4)[C@@H](OCc4ccccc4)[C@H](OCc4ccccc4)[C@H]3OCc3ccccc3)cc12. The third-order valence-electron chi connectivity index (χ3n) is 9.05. The molecule has 5 atom stereocenters. The Morgan fingerprint density at radius 1 is 0.540 bits per heavy atom.